The van der Waals surface area contributed by atoms with E-state index < -0.39 is 0 Å². The van der Waals surface area contributed by atoms with Crippen LogP contribution in [0.3, 0.4) is 0 Å². The maximum atomic E-state index is 11.9. The van der Waals surface area contributed by atoms with E-state index in [1.54, 1.807) is 12.5 Å². The van der Waals surface area contributed by atoms with Crippen LogP contribution in [0, 0.1) is 5.92 Å². The smallest absolute Gasteiger partial charge is 0.224 e. The average molecular weight is 241 g/mol. The fraction of sp³-hybridized carbons (Fsp3) is 0.286. The van der Waals surface area contributed by atoms with Crippen LogP contribution >= 0.6 is 0 Å². The van der Waals surface area contributed by atoms with E-state index in [-0.39, 0.29) is 11.8 Å². The maximum absolute atomic E-state index is 11.9. The van der Waals surface area contributed by atoms with Crippen molar-refractivity contribution in [1.82, 2.24) is 15.3 Å². The molecule has 0 radical (unpaired) electrons. The minimum Gasteiger partial charge on any atom is -0.352 e. The molecule has 3 rings (SSSR count). The number of nitrogens with one attached hydrogen (secondary N) is 2. The molecule has 0 saturated heterocycles. The van der Waals surface area contributed by atoms with Gasteiger partial charge in [0.15, 0.2) is 0 Å². The molecule has 0 spiro atoms. The van der Waals surface area contributed by atoms with Gasteiger partial charge in [-0.05, 0) is 12.0 Å². The van der Waals surface area contributed by atoms with E-state index >= 15 is 0 Å². The molecule has 1 aromatic heterocycles. The molecule has 1 unspecified atom stereocenters. The molecule has 2 N–H and O–H groups in total. The summed E-state index contributed by atoms with van der Waals surface area (Å²) in [5.74, 6) is 0.566. The number of hydrogen-bond acceptors (Lipinski definition) is 2. The molecule has 92 valence electrons. The number of benzene rings is 1. The number of carbonyl (C=O) groups is 1. The first-order valence-corrected chi connectivity index (χ1v) is 6.14. The van der Waals surface area contributed by atoms with Gasteiger partial charge in [0.25, 0.3) is 0 Å². The second kappa shape index (κ2) is 4.64. The van der Waals surface area contributed by atoms with Crippen molar-refractivity contribution in [3.05, 3.63) is 54.1 Å². The third-order valence-electron chi connectivity index (χ3n) is 3.36. The van der Waals surface area contributed by atoms with Crippen molar-refractivity contribution in [2.45, 2.75) is 18.9 Å². The number of hydrogen-bond donors (Lipinski definition) is 2. The van der Waals surface area contributed by atoms with E-state index in [1.807, 2.05) is 30.3 Å². The summed E-state index contributed by atoms with van der Waals surface area (Å²) < 4.78 is 0. The normalized spacial score (nSPS) is 21.6. The van der Waals surface area contributed by atoms with Crippen LogP contribution in [-0.2, 0) is 11.3 Å². The van der Waals surface area contributed by atoms with Gasteiger partial charge in [0.1, 0.15) is 0 Å². The minimum atomic E-state index is 0.106. The predicted molar refractivity (Wildman–Crippen MR) is 67.7 cm³/mol. The molecule has 1 aromatic carbocycles. The summed E-state index contributed by atoms with van der Waals surface area (Å²) in [5.41, 5.74) is 2.19. The maximum Gasteiger partial charge on any atom is 0.224 e. The van der Waals surface area contributed by atoms with E-state index in [2.05, 4.69) is 15.3 Å². The fourth-order valence-electron chi connectivity index (χ4n) is 2.21. The van der Waals surface area contributed by atoms with Crippen molar-refractivity contribution in [1.29, 1.82) is 0 Å². The molecule has 2 aromatic rings. The van der Waals surface area contributed by atoms with Crippen molar-refractivity contribution >= 4 is 5.91 Å². The van der Waals surface area contributed by atoms with Crippen LogP contribution in [0.15, 0.2) is 42.9 Å². The quantitative estimate of drug-likeness (QED) is 0.858. The molecule has 2 atom stereocenters. The van der Waals surface area contributed by atoms with E-state index in [0.717, 1.165) is 17.7 Å². The Morgan fingerprint density at radius 3 is 2.94 bits per heavy atom. The summed E-state index contributed by atoms with van der Waals surface area (Å²) in [4.78, 5) is 19.0. The highest BCUT2D eigenvalue weighted by Crippen LogP contribution is 2.46. The molecule has 18 heavy (non-hydrogen) atoms. The first-order valence-electron chi connectivity index (χ1n) is 6.14. The molecule has 0 aliphatic heterocycles. The zero-order valence-electron chi connectivity index (χ0n) is 9.97. The van der Waals surface area contributed by atoms with E-state index in [1.165, 1.54) is 0 Å². The van der Waals surface area contributed by atoms with Gasteiger partial charge in [-0.2, -0.15) is 0 Å². The molecule has 1 amide bonds. The molecule has 1 saturated carbocycles. The zero-order chi connectivity index (χ0) is 12.4. The third kappa shape index (κ3) is 2.27. The Hall–Kier alpha value is -2.10. The molecular weight excluding hydrogens is 226 g/mol. The van der Waals surface area contributed by atoms with Gasteiger partial charge in [-0.15, -0.1) is 0 Å². The summed E-state index contributed by atoms with van der Waals surface area (Å²) in [5, 5.41) is 2.98. The fourth-order valence-corrected chi connectivity index (χ4v) is 2.21. The lowest BCUT2D eigenvalue weighted by atomic mass is 10.2. The number of rotatable bonds is 4. The predicted octanol–water partition coefficient (Wildman–Crippen LogP) is 1.83. The Balaban J connectivity index is 1.52. The lowest BCUT2D eigenvalue weighted by Crippen LogP contribution is -2.24. The Bertz CT molecular complexity index is 521. The number of amides is 1. The van der Waals surface area contributed by atoms with Gasteiger partial charge >= 0.3 is 0 Å². The van der Waals surface area contributed by atoms with Crippen LogP contribution in [0.5, 0.6) is 0 Å². The highest BCUT2D eigenvalue weighted by Gasteiger charge is 2.44. The van der Waals surface area contributed by atoms with Gasteiger partial charge in [0.05, 0.1) is 6.33 Å². The van der Waals surface area contributed by atoms with Crippen molar-refractivity contribution in [3.8, 4) is 0 Å². The van der Waals surface area contributed by atoms with Gasteiger partial charge in [0, 0.05) is 30.3 Å². The van der Waals surface area contributed by atoms with Gasteiger partial charge in [0.2, 0.25) is 5.91 Å². The molecule has 1 heterocycles. The third-order valence-corrected chi connectivity index (χ3v) is 3.36. The first kappa shape index (κ1) is 11.0. The van der Waals surface area contributed by atoms with Crippen molar-refractivity contribution in [3.63, 3.8) is 0 Å². The van der Waals surface area contributed by atoms with Crippen LogP contribution in [0.2, 0.25) is 0 Å². The number of aromatic nitrogens is 2. The van der Waals surface area contributed by atoms with Gasteiger partial charge < -0.3 is 10.3 Å². The molecular formula is C14H15N3O. The van der Waals surface area contributed by atoms with Gasteiger partial charge in [-0.3, -0.25) is 4.79 Å². The average Bonchev–Trinajstić information content (AvgIpc) is 3.03. The number of imidazole rings is 1. The van der Waals surface area contributed by atoms with Crippen LogP contribution < -0.4 is 5.32 Å². The number of nitrogens with zero attached hydrogens (tertiary/aromatic N) is 1. The topological polar surface area (TPSA) is 57.8 Å². The summed E-state index contributed by atoms with van der Waals surface area (Å²) >= 11 is 0. The Labute approximate surface area is 105 Å². The number of aromatic amines is 1. The van der Waals surface area contributed by atoms with E-state index in [4.69, 9.17) is 0 Å². The summed E-state index contributed by atoms with van der Waals surface area (Å²) in [6, 6.07) is 9.96. The highest BCUT2D eigenvalue weighted by atomic mass is 16.2. The zero-order valence-corrected chi connectivity index (χ0v) is 9.97. The number of H-pyrrole nitrogens is 1. The van der Waals surface area contributed by atoms with Crippen LogP contribution in [0.25, 0.3) is 0 Å². The summed E-state index contributed by atoms with van der Waals surface area (Å²) in [7, 11) is 0. The van der Waals surface area contributed by atoms with Crippen molar-refractivity contribution in [2.75, 3.05) is 0 Å². The Morgan fingerprint density at radius 1 is 1.39 bits per heavy atom. The Kier molecular flexibility index (Phi) is 2.84. The van der Waals surface area contributed by atoms with Gasteiger partial charge in [-0.1, -0.05) is 30.3 Å². The van der Waals surface area contributed by atoms with Crippen molar-refractivity contribution in [2.24, 2.45) is 5.92 Å². The largest absolute Gasteiger partial charge is 0.352 e. The highest BCUT2D eigenvalue weighted by molar-refractivity contribution is 5.82. The van der Waals surface area contributed by atoms with Crippen molar-refractivity contribution < 1.29 is 4.79 Å². The monoisotopic (exact) mass is 241 g/mol. The molecule has 1 fully saturated rings. The molecule has 0 bridgehead atoms. The second-order valence-corrected chi connectivity index (χ2v) is 4.66. The summed E-state index contributed by atoms with van der Waals surface area (Å²) in [6.45, 7) is 0.603. The SMILES string of the molecule is O=C(NCc1ccccc1)C1C[C@@H]1c1cnc[nH]1. The standard InChI is InChI=1S/C14H15N3O/c18-14(16-7-10-4-2-1-3-5-10)12-6-11(12)13-8-15-9-17-13/h1-5,8-9,11-12H,6-7H2,(H,15,17)(H,16,18)/t11-,12?/m0/s1. The van der Waals surface area contributed by atoms with E-state index in [0.29, 0.717) is 12.5 Å². The minimum absolute atomic E-state index is 0.106. The summed E-state index contributed by atoms with van der Waals surface area (Å²) in [6.07, 6.45) is 4.38. The second-order valence-electron chi connectivity index (χ2n) is 4.66. The van der Waals surface area contributed by atoms with Gasteiger partial charge in [-0.25, -0.2) is 4.98 Å². The van der Waals surface area contributed by atoms with Crippen LogP contribution in [-0.4, -0.2) is 15.9 Å². The van der Waals surface area contributed by atoms with Crippen LogP contribution in [0.4, 0.5) is 0 Å². The molecule has 1 aliphatic rings. The Morgan fingerprint density at radius 2 is 2.22 bits per heavy atom. The van der Waals surface area contributed by atoms with E-state index in [9.17, 15) is 4.79 Å². The van der Waals surface area contributed by atoms with Crippen LogP contribution in [0.1, 0.15) is 23.6 Å². The molecule has 1 aliphatic carbocycles. The molecule has 4 heteroatoms. The molecule has 4 nitrogen and oxygen atoms in total. The lowest BCUT2D eigenvalue weighted by molar-refractivity contribution is -0.122. The first-order chi connectivity index (χ1) is 8.84. The number of carbonyl (C=O) groups excluding carboxylic acids is 1. The lowest BCUT2D eigenvalue weighted by Gasteiger charge is -2.04.